The van der Waals surface area contributed by atoms with Crippen molar-refractivity contribution in [1.29, 1.82) is 0 Å². The van der Waals surface area contributed by atoms with E-state index in [1.807, 2.05) is 42.5 Å². The zero-order valence-electron chi connectivity index (χ0n) is 10.7. The van der Waals surface area contributed by atoms with Gasteiger partial charge in [-0.1, -0.05) is 24.3 Å². The first-order valence-corrected chi connectivity index (χ1v) is 7.33. The first-order valence-electron chi connectivity index (χ1n) is 6.25. The van der Waals surface area contributed by atoms with Gasteiger partial charge in [0.05, 0.1) is 11.2 Å². The molecular formula is C16H13IN2O. The summed E-state index contributed by atoms with van der Waals surface area (Å²) in [7, 11) is 0. The van der Waals surface area contributed by atoms with E-state index in [0.717, 1.165) is 31.6 Å². The Labute approximate surface area is 130 Å². The summed E-state index contributed by atoms with van der Waals surface area (Å²) in [6, 6.07) is 17.8. The molecule has 0 saturated heterocycles. The van der Waals surface area contributed by atoms with E-state index >= 15 is 0 Å². The molecule has 3 aromatic rings. The summed E-state index contributed by atoms with van der Waals surface area (Å²) in [6.07, 6.45) is 0. The average molecular weight is 376 g/mol. The molecule has 0 atom stereocenters. The quantitative estimate of drug-likeness (QED) is 0.555. The lowest BCUT2D eigenvalue weighted by Gasteiger charge is -2.08. The van der Waals surface area contributed by atoms with Crippen LogP contribution < -0.4 is 10.5 Å². The molecule has 2 aromatic carbocycles. The highest BCUT2D eigenvalue weighted by molar-refractivity contribution is 14.1. The first kappa shape index (κ1) is 13.2. The monoisotopic (exact) mass is 376 g/mol. The maximum absolute atomic E-state index is 5.78. The molecule has 0 bridgehead atoms. The van der Waals surface area contributed by atoms with E-state index in [-0.39, 0.29) is 0 Å². The van der Waals surface area contributed by atoms with Gasteiger partial charge in [-0.2, -0.15) is 0 Å². The third-order valence-corrected chi connectivity index (χ3v) is 3.95. The van der Waals surface area contributed by atoms with Crippen molar-refractivity contribution >= 4 is 39.2 Å². The first-order chi connectivity index (χ1) is 9.72. The zero-order valence-corrected chi connectivity index (χ0v) is 12.9. The molecular weight excluding hydrogens is 363 g/mol. The number of hydrogen-bond donors (Lipinski definition) is 1. The van der Waals surface area contributed by atoms with Gasteiger partial charge in [0.1, 0.15) is 12.4 Å². The topological polar surface area (TPSA) is 48.1 Å². The highest BCUT2D eigenvalue weighted by Crippen LogP contribution is 2.22. The minimum absolute atomic E-state index is 0.449. The number of anilines is 1. The maximum Gasteiger partial charge on any atom is 0.130 e. The van der Waals surface area contributed by atoms with Crippen LogP contribution in [0.4, 0.5) is 5.69 Å². The molecule has 0 fully saturated rings. The van der Waals surface area contributed by atoms with Crippen LogP contribution in [-0.2, 0) is 6.61 Å². The van der Waals surface area contributed by atoms with Crippen LogP contribution in [0.25, 0.3) is 10.9 Å². The van der Waals surface area contributed by atoms with Crippen molar-refractivity contribution in [3.63, 3.8) is 0 Å². The molecule has 0 spiro atoms. The lowest BCUT2D eigenvalue weighted by atomic mass is 10.2. The Morgan fingerprint density at radius 1 is 1.05 bits per heavy atom. The number of nitrogens with two attached hydrogens (primary N) is 1. The molecule has 20 heavy (non-hydrogen) atoms. The maximum atomic E-state index is 5.78. The zero-order chi connectivity index (χ0) is 13.9. The number of ether oxygens (including phenoxy) is 1. The largest absolute Gasteiger partial charge is 0.487 e. The van der Waals surface area contributed by atoms with Crippen molar-refractivity contribution in [2.75, 3.05) is 5.73 Å². The fraction of sp³-hybridized carbons (Fsp3) is 0.0625. The van der Waals surface area contributed by atoms with Gasteiger partial charge in [0.25, 0.3) is 0 Å². The number of hydrogen-bond acceptors (Lipinski definition) is 3. The van der Waals surface area contributed by atoms with Crippen molar-refractivity contribution in [1.82, 2.24) is 4.98 Å². The Balaban J connectivity index is 1.77. The van der Waals surface area contributed by atoms with Crippen LogP contribution >= 0.6 is 22.6 Å². The molecule has 0 amide bonds. The van der Waals surface area contributed by atoms with Crippen molar-refractivity contribution in [3.8, 4) is 5.75 Å². The van der Waals surface area contributed by atoms with Crippen LogP contribution in [-0.4, -0.2) is 4.98 Å². The van der Waals surface area contributed by atoms with Crippen molar-refractivity contribution < 1.29 is 4.74 Å². The average Bonchev–Trinajstić information content (AvgIpc) is 2.48. The van der Waals surface area contributed by atoms with Gasteiger partial charge in [-0.15, -0.1) is 0 Å². The Kier molecular flexibility index (Phi) is 3.73. The molecule has 3 rings (SSSR count). The van der Waals surface area contributed by atoms with Gasteiger partial charge in [0, 0.05) is 14.6 Å². The Bertz CT molecular complexity index is 758. The molecule has 1 aromatic heterocycles. The number of nitrogens with zero attached hydrogens (tertiary/aromatic N) is 1. The number of para-hydroxylation sites is 1. The lowest BCUT2D eigenvalue weighted by Crippen LogP contribution is -1.99. The van der Waals surface area contributed by atoms with Gasteiger partial charge in [-0.25, -0.2) is 4.98 Å². The van der Waals surface area contributed by atoms with E-state index in [1.165, 1.54) is 0 Å². The van der Waals surface area contributed by atoms with Crippen molar-refractivity contribution in [3.05, 3.63) is 63.9 Å². The highest BCUT2D eigenvalue weighted by Gasteiger charge is 2.02. The van der Waals surface area contributed by atoms with E-state index in [9.17, 15) is 0 Å². The van der Waals surface area contributed by atoms with E-state index in [4.69, 9.17) is 10.5 Å². The Hall–Kier alpha value is -1.82. The number of halogens is 1. The fourth-order valence-corrected chi connectivity index (χ4v) is 2.43. The smallest absolute Gasteiger partial charge is 0.130 e. The second kappa shape index (κ2) is 5.66. The second-order valence-electron chi connectivity index (χ2n) is 4.47. The van der Waals surface area contributed by atoms with Crippen LogP contribution in [0.5, 0.6) is 5.75 Å². The van der Waals surface area contributed by atoms with Gasteiger partial charge in [0.2, 0.25) is 0 Å². The number of rotatable bonds is 3. The number of fused-ring (bicyclic) bond motifs is 1. The lowest BCUT2D eigenvalue weighted by molar-refractivity contribution is 0.301. The van der Waals surface area contributed by atoms with Crippen LogP contribution in [0.15, 0.2) is 54.6 Å². The third-order valence-electron chi connectivity index (χ3n) is 3.01. The molecule has 1 heterocycles. The Morgan fingerprint density at radius 3 is 2.75 bits per heavy atom. The molecule has 0 aliphatic rings. The number of benzene rings is 2. The molecule has 3 nitrogen and oxygen atoms in total. The molecule has 4 heteroatoms. The number of nitrogen functional groups attached to an aromatic ring is 1. The SMILES string of the molecule is Nc1ccc(OCc2ccc3ccccc3n2)cc1I. The van der Waals surface area contributed by atoms with E-state index in [0.29, 0.717) is 6.61 Å². The van der Waals surface area contributed by atoms with E-state index < -0.39 is 0 Å². The Morgan fingerprint density at radius 2 is 1.90 bits per heavy atom. The van der Waals surface area contributed by atoms with Crippen LogP contribution in [0.2, 0.25) is 0 Å². The standard InChI is InChI=1S/C16H13IN2O/c17-14-9-13(7-8-15(14)18)20-10-12-6-5-11-3-1-2-4-16(11)19-12/h1-9H,10,18H2. The number of aromatic nitrogens is 1. The molecule has 0 aliphatic carbocycles. The van der Waals surface area contributed by atoms with Crippen molar-refractivity contribution in [2.24, 2.45) is 0 Å². The molecule has 100 valence electrons. The molecule has 0 saturated carbocycles. The predicted octanol–water partition coefficient (Wildman–Crippen LogP) is 4.00. The molecule has 0 aliphatic heterocycles. The minimum atomic E-state index is 0.449. The van der Waals surface area contributed by atoms with Gasteiger partial charge in [-0.05, 0) is 52.9 Å². The summed E-state index contributed by atoms with van der Waals surface area (Å²) in [5.74, 6) is 0.804. The summed E-state index contributed by atoms with van der Waals surface area (Å²) >= 11 is 2.20. The van der Waals surface area contributed by atoms with E-state index in [2.05, 4.69) is 39.7 Å². The van der Waals surface area contributed by atoms with Crippen molar-refractivity contribution in [2.45, 2.75) is 6.61 Å². The van der Waals surface area contributed by atoms with Crippen LogP contribution in [0.1, 0.15) is 5.69 Å². The molecule has 0 radical (unpaired) electrons. The minimum Gasteiger partial charge on any atom is -0.487 e. The normalized spacial score (nSPS) is 10.7. The third kappa shape index (κ3) is 2.85. The van der Waals surface area contributed by atoms with Crippen LogP contribution in [0, 0.1) is 3.57 Å². The molecule has 0 unspecified atom stereocenters. The number of pyridine rings is 1. The van der Waals surface area contributed by atoms with Gasteiger partial charge in [-0.3, -0.25) is 0 Å². The molecule has 2 N–H and O–H groups in total. The van der Waals surface area contributed by atoms with Gasteiger partial charge < -0.3 is 10.5 Å². The summed E-state index contributed by atoms with van der Waals surface area (Å²) < 4.78 is 6.75. The van der Waals surface area contributed by atoms with Gasteiger partial charge in [0.15, 0.2) is 0 Å². The van der Waals surface area contributed by atoms with Crippen LogP contribution in [0.3, 0.4) is 0 Å². The van der Waals surface area contributed by atoms with E-state index in [1.54, 1.807) is 0 Å². The summed E-state index contributed by atoms with van der Waals surface area (Å²) in [4.78, 5) is 4.58. The summed E-state index contributed by atoms with van der Waals surface area (Å²) in [6.45, 7) is 0.449. The highest BCUT2D eigenvalue weighted by atomic mass is 127. The second-order valence-corrected chi connectivity index (χ2v) is 5.63. The fourth-order valence-electron chi connectivity index (χ4n) is 1.94. The summed E-state index contributed by atoms with van der Waals surface area (Å²) in [5, 5.41) is 1.14. The summed E-state index contributed by atoms with van der Waals surface area (Å²) in [5.41, 5.74) is 8.45. The predicted molar refractivity (Wildman–Crippen MR) is 89.6 cm³/mol. The van der Waals surface area contributed by atoms with Gasteiger partial charge >= 0.3 is 0 Å².